The zero-order valence-corrected chi connectivity index (χ0v) is 15.7. The summed E-state index contributed by atoms with van der Waals surface area (Å²) in [6.45, 7) is 0. The topological polar surface area (TPSA) is 32.7 Å². The molecular weight excluding hydrogens is 352 g/mol. The fraction of sp³-hybridized carbons (Fsp3) is 0.0435. The minimum absolute atomic E-state index is 0.0280. The number of aliphatic imine (C=N–C) groups is 1. The molecule has 4 rings (SSSR count). The van der Waals surface area contributed by atoms with Crippen LogP contribution in [-0.4, -0.2) is 23.0 Å². The van der Waals surface area contributed by atoms with Crippen molar-refractivity contribution in [1.29, 1.82) is 0 Å². The number of amides is 1. The van der Waals surface area contributed by atoms with Gasteiger partial charge in [-0.2, -0.15) is 0 Å². The number of likely N-dealkylation sites (N-methyl/N-ethyl adjacent to an activating group) is 1. The van der Waals surface area contributed by atoms with E-state index in [1.807, 2.05) is 66.7 Å². The Balaban J connectivity index is 1.63. The first kappa shape index (κ1) is 17.3. The van der Waals surface area contributed by atoms with Gasteiger partial charge >= 0.3 is 0 Å². The van der Waals surface area contributed by atoms with Gasteiger partial charge in [-0.05, 0) is 52.7 Å². The van der Waals surface area contributed by atoms with Gasteiger partial charge in [-0.3, -0.25) is 9.69 Å². The zero-order chi connectivity index (χ0) is 18.6. The van der Waals surface area contributed by atoms with Crippen LogP contribution in [0.25, 0.3) is 17.2 Å². The maximum Gasteiger partial charge on any atom is 0.266 e. The van der Waals surface area contributed by atoms with Gasteiger partial charge in [0.2, 0.25) is 0 Å². The molecule has 0 aliphatic carbocycles. The molecule has 1 fully saturated rings. The molecule has 0 radical (unpaired) electrons. The number of para-hydroxylation sites is 1. The third kappa shape index (κ3) is 3.86. The SMILES string of the molecule is CN1C(=O)C(=Cc2cccc(-c3ccccc3)c2)SC1=Nc1ccccc1. The highest BCUT2D eigenvalue weighted by Crippen LogP contribution is 2.33. The quantitative estimate of drug-likeness (QED) is 0.563. The van der Waals surface area contributed by atoms with Gasteiger partial charge in [0.05, 0.1) is 10.6 Å². The van der Waals surface area contributed by atoms with Crippen molar-refractivity contribution in [2.45, 2.75) is 0 Å². The molecule has 4 heteroatoms. The van der Waals surface area contributed by atoms with Crippen LogP contribution in [0, 0.1) is 0 Å². The van der Waals surface area contributed by atoms with Crippen molar-refractivity contribution in [3.8, 4) is 11.1 Å². The summed E-state index contributed by atoms with van der Waals surface area (Å²) in [6.07, 6.45) is 1.93. The van der Waals surface area contributed by atoms with Crippen molar-refractivity contribution < 1.29 is 4.79 Å². The van der Waals surface area contributed by atoms with Crippen LogP contribution in [0.2, 0.25) is 0 Å². The molecule has 1 aliphatic rings. The third-order valence-corrected chi connectivity index (χ3v) is 5.34. The van der Waals surface area contributed by atoms with E-state index in [1.54, 1.807) is 11.9 Å². The Bertz CT molecular complexity index is 1030. The molecular formula is C23H18N2OS. The maximum absolute atomic E-state index is 12.6. The number of thioether (sulfide) groups is 1. The lowest BCUT2D eigenvalue weighted by Crippen LogP contribution is -2.23. The average molecular weight is 370 g/mol. The first-order valence-corrected chi connectivity index (χ1v) is 9.49. The lowest BCUT2D eigenvalue weighted by molar-refractivity contribution is -0.121. The van der Waals surface area contributed by atoms with Crippen LogP contribution < -0.4 is 0 Å². The summed E-state index contributed by atoms with van der Waals surface area (Å²) in [4.78, 5) is 19.5. The van der Waals surface area contributed by atoms with Gasteiger partial charge < -0.3 is 0 Å². The van der Waals surface area contributed by atoms with E-state index in [-0.39, 0.29) is 5.91 Å². The smallest absolute Gasteiger partial charge is 0.266 e. The second-order valence-electron chi connectivity index (χ2n) is 6.20. The van der Waals surface area contributed by atoms with E-state index in [0.717, 1.165) is 22.4 Å². The lowest BCUT2D eigenvalue weighted by Gasteiger charge is -2.06. The van der Waals surface area contributed by atoms with Gasteiger partial charge in [0, 0.05) is 7.05 Å². The minimum Gasteiger partial charge on any atom is -0.290 e. The third-order valence-electron chi connectivity index (χ3n) is 4.28. The molecule has 0 N–H and O–H groups in total. The predicted molar refractivity (Wildman–Crippen MR) is 114 cm³/mol. The van der Waals surface area contributed by atoms with Crippen molar-refractivity contribution in [2.75, 3.05) is 7.05 Å². The zero-order valence-electron chi connectivity index (χ0n) is 14.9. The minimum atomic E-state index is -0.0280. The number of rotatable bonds is 3. The summed E-state index contributed by atoms with van der Waals surface area (Å²) >= 11 is 1.41. The van der Waals surface area contributed by atoms with Crippen molar-refractivity contribution in [3.63, 3.8) is 0 Å². The molecule has 0 aromatic heterocycles. The average Bonchev–Trinajstić information content (AvgIpc) is 2.97. The van der Waals surface area contributed by atoms with Gasteiger partial charge in [0.25, 0.3) is 5.91 Å². The molecule has 3 aromatic carbocycles. The summed E-state index contributed by atoms with van der Waals surface area (Å²) in [7, 11) is 1.76. The van der Waals surface area contributed by atoms with Crippen molar-refractivity contribution in [2.24, 2.45) is 4.99 Å². The first-order chi connectivity index (χ1) is 13.2. The Labute approximate surface area is 163 Å². The number of carbonyl (C=O) groups is 1. The highest BCUT2D eigenvalue weighted by Gasteiger charge is 2.30. The van der Waals surface area contributed by atoms with Gasteiger partial charge in [-0.1, -0.05) is 66.7 Å². The van der Waals surface area contributed by atoms with Gasteiger partial charge in [0.15, 0.2) is 5.17 Å². The number of hydrogen-bond acceptors (Lipinski definition) is 3. The molecule has 1 aliphatic heterocycles. The molecule has 1 heterocycles. The molecule has 1 saturated heterocycles. The summed E-state index contributed by atoms with van der Waals surface area (Å²) in [5.74, 6) is -0.0280. The second-order valence-corrected chi connectivity index (χ2v) is 7.21. The lowest BCUT2D eigenvalue weighted by atomic mass is 10.0. The Morgan fingerprint density at radius 3 is 2.26 bits per heavy atom. The van der Waals surface area contributed by atoms with Crippen LogP contribution in [-0.2, 0) is 4.79 Å². The number of nitrogens with zero attached hydrogens (tertiary/aromatic N) is 2. The normalized spacial score (nSPS) is 17.1. The first-order valence-electron chi connectivity index (χ1n) is 8.67. The second kappa shape index (κ2) is 7.64. The number of amidine groups is 1. The highest BCUT2D eigenvalue weighted by molar-refractivity contribution is 8.18. The van der Waals surface area contributed by atoms with Crippen LogP contribution in [0.15, 0.2) is 94.8 Å². The Morgan fingerprint density at radius 1 is 0.852 bits per heavy atom. The Morgan fingerprint density at radius 2 is 1.52 bits per heavy atom. The van der Waals surface area contributed by atoms with Crippen molar-refractivity contribution in [3.05, 3.63) is 95.4 Å². The largest absolute Gasteiger partial charge is 0.290 e. The molecule has 0 atom stereocenters. The standard InChI is InChI=1S/C23H18N2OS/c1-25-22(26)21(27-23(25)24-20-13-6-3-7-14-20)16-17-9-8-12-19(15-17)18-10-4-2-5-11-18/h2-16H,1H3. The van der Waals surface area contributed by atoms with Crippen LogP contribution in [0.3, 0.4) is 0 Å². The Kier molecular flexibility index (Phi) is 4.90. The van der Waals surface area contributed by atoms with E-state index in [9.17, 15) is 4.79 Å². The fourth-order valence-electron chi connectivity index (χ4n) is 2.85. The number of carbonyl (C=O) groups excluding carboxylic acids is 1. The highest BCUT2D eigenvalue weighted by atomic mass is 32.2. The fourth-order valence-corrected chi connectivity index (χ4v) is 3.84. The summed E-state index contributed by atoms with van der Waals surface area (Å²) in [5.41, 5.74) is 4.13. The molecule has 27 heavy (non-hydrogen) atoms. The summed E-state index contributed by atoms with van der Waals surface area (Å²) in [6, 6.07) is 28.1. The van der Waals surface area contributed by atoms with Crippen molar-refractivity contribution in [1.82, 2.24) is 4.90 Å². The molecule has 0 unspecified atom stereocenters. The monoisotopic (exact) mass is 370 g/mol. The van der Waals surface area contributed by atoms with Crippen LogP contribution >= 0.6 is 11.8 Å². The summed E-state index contributed by atoms with van der Waals surface area (Å²) in [5, 5.41) is 0.691. The molecule has 3 nitrogen and oxygen atoms in total. The van der Waals surface area contributed by atoms with Crippen molar-refractivity contribution >= 4 is 34.6 Å². The van der Waals surface area contributed by atoms with E-state index in [4.69, 9.17) is 0 Å². The predicted octanol–water partition coefficient (Wildman–Crippen LogP) is 5.59. The van der Waals surface area contributed by atoms with Gasteiger partial charge in [-0.15, -0.1) is 0 Å². The summed E-state index contributed by atoms with van der Waals surface area (Å²) < 4.78 is 0. The van der Waals surface area contributed by atoms with Crippen LogP contribution in [0.5, 0.6) is 0 Å². The maximum atomic E-state index is 12.6. The van der Waals surface area contributed by atoms with Crippen LogP contribution in [0.4, 0.5) is 5.69 Å². The Hall–Kier alpha value is -3.11. The molecule has 0 bridgehead atoms. The van der Waals surface area contributed by atoms with Gasteiger partial charge in [0.1, 0.15) is 0 Å². The van der Waals surface area contributed by atoms with E-state index >= 15 is 0 Å². The van der Waals surface area contributed by atoms with E-state index in [0.29, 0.717) is 10.1 Å². The molecule has 0 spiro atoms. The number of hydrogen-bond donors (Lipinski definition) is 0. The van der Waals surface area contributed by atoms with Crippen LogP contribution in [0.1, 0.15) is 5.56 Å². The molecule has 0 saturated carbocycles. The molecule has 3 aromatic rings. The van der Waals surface area contributed by atoms with E-state index < -0.39 is 0 Å². The van der Waals surface area contributed by atoms with E-state index in [2.05, 4.69) is 29.3 Å². The number of benzene rings is 3. The molecule has 132 valence electrons. The molecule has 1 amide bonds. The van der Waals surface area contributed by atoms with E-state index in [1.165, 1.54) is 11.8 Å². The van der Waals surface area contributed by atoms with Gasteiger partial charge in [-0.25, -0.2) is 4.99 Å².